The van der Waals surface area contributed by atoms with Crippen molar-refractivity contribution >= 4 is 58.7 Å². The van der Waals surface area contributed by atoms with Crippen LogP contribution in [0.3, 0.4) is 0 Å². The Labute approximate surface area is 342 Å². The van der Waals surface area contributed by atoms with Crippen molar-refractivity contribution in [1.29, 1.82) is 11.1 Å². The number of rotatable bonds is 19. The van der Waals surface area contributed by atoms with Crippen molar-refractivity contribution in [2.45, 2.75) is 103 Å². The molecule has 4 amide bonds. The van der Waals surface area contributed by atoms with Crippen molar-refractivity contribution in [1.82, 2.24) is 31.1 Å². The first-order chi connectivity index (χ1) is 27.3. The van der Waals surface area contributed by atoms with Crippen molar-refractivity contribution in [3.8, 4) is 0 Å². The fourth-order valence-corrected chi connectivity index (χ4v) is 4.96. The molecule has 0 aromatic heterocycles. The van der Waals surface area contributed by atoms with E-state index in [9.17, 15) is 28.8 Å². The quantitative estimate of drug-likeness (QED) is 0.0231. The van der Waals surface area contributed by atoms with Crippen LogP contribution in [-0.4, -0.2) is 85.1 Å². The maximum Gasteiger partial charge on any atom is 0.407 e. The van der Waals surface area contributed by atoms with Crippen molar-refractivity contribution in [3.05, 3.63) is 59.7 Å². The van der Waals surface area contributed by atoms with Crippen LogP contribution in [0.1, 0.15) is 101 Å². The fraction of sp³-hybridized carbons (Fsp3) is 0.526. The Morgan fingerprint density at radius 3 is 1.48 bits per heavy atom. The molecular weight excluding hydrogens is 776 g/mol. The van der Waals surface area contributed by atoms with Gasteiger partial charge in [0.25, 0.3) is 11.8 Å². The van der Waals surface area contributed by atoms with Crippen LogP contribution in [-0.2, 0) is 23.8 Å². The molecule has 0 spiro atoms. The van der Waals surface area contributed by atoms with Crippen LogP contribution in [0.2, 0.25) is 0 Å². The maximum absolute atomic E-state index is 12.4. The minimum atomic E-state index is -0.824. The van der Waals surface area contributed by atoms with E-state index in [2.05, 4.69) is 41.3 Å². The molecule has 2 aromatic rings. The van der Waals surface area contributed by atoms with Crippen molar-refractivity contribution < 1.29 is 43.0 Å². The van der Waals surface area contributed by atoms with Crippen molar-refractivity contribution in [2.75, 3.05) is 26.1 Å². The lowest BCUT2D eigenvalue weighted by molar-refractivity contribution is -0.143. The molecule has 2 aromatic carbocycles. The van der Waals surface area contributed by atoms with E-state index in [1.807, 2.05) is 0 Å². The number of hydrogen-bond acceptors (Lipinski definition) is 13. The van der Waals surface area contributed by atoms with E-state index in [1.54, 1.807) is 77.9 Å². The first-order valence-corrected chi connectivity index (χ1v) is 18.9. The van der Waals surface area contributed by atoms with Gasteiger partial charge in [-0.3, -0.25) is 14.4 Å². The molecule has 19 nitrogen and oxygen atoms in total. The number of hydrogen-bond donors (Lipinski definition) is 6. The maximum atomic E-state index is 12.4. The molecule has 2 atom stereocenters. The van der Waals surface area contributed by atoms with E-state index in [0.717, 1.165) is 0 Å². The second kappa shape index (κ2) is 26.0. The van der Waals surface area contributed by atoms with Gasteiger partial charge in [-0.15, -0.1) is 11.6 Å². The number of esters is 1. The lowest BCUT2D eigenvalue weighted by Crippen LogP contribution is -2.41. The normalized spacial score (nSPS) is 11.7. The summed E-state index contributed by atoms with van der Waals surface area (Å²) in [6.45, 7) is 11.5. The van der Waals surface area contributed by atoms with Gasteiger partial charge in [0.1, 0.15) is 28.3 Å². The predicted octanol–water partition coefficient (Wildman–Crippen LogP) is 6.30. The fourth-order valence-electron chi connectivity index (χ4n) is 4.77. The van der Waals surface area contributed by atoms with Crippen LogP contribution in [0.15, 0.2) is 58.8 Å². The summed E-state index contributed by atoms with van der Waals surface area (Å²) in [7, 11) is 1.25. The number of Topliss-reactive ketones (excluding diaryl/α,β-unsaturated/α-hetero) is 1. The van der Waals surface area contributed by atoms with Crippen LogP contribution < -0.4 is 31.1 Å². The van der Waals surface area contributed by atoms with Gasteiger partial charge < -0.3 is 35.5 Å². The number of nitrogens with zero attached hydrogens (tertiary/aromatic N) is 4. The Morgan fingerprint density at radius 1 is 0.690 bits per heavy atom. The van der Waals surface area contributed by atoms with E-state index >= 15 is 0 Å². The second-order valence-corrected chi connectivity index (χ2v) is 14.8. The molecule has 58 heavy (non-hydrogen) atoms. The van der Waals surface area contributed by atoms with Gasteiger partial charge in [-0.1, -0.05) is 12.1 Å². The van der Waals surface area contributed by atoms with E-state index in [-0.39, 0.29) is 17.2 Å². The molecule has 0 unspecified atom stereocenters. The molecule has 0 saturated heterocycles. The smallest absolute Gasteiger partial charge is 0.407 e. The molecule has 6 N–H and O–H groups in total. The standard InChI is InChI=1S/C19H26ClN5O4.C19H27N5O5/c1-19(2,3)29-18(28)22-10-5-4-9-15(16(26)12-20)23-17(27)13-7-6-8-14(11-13)24-25-21;1-19(2,3)29-18(27)21-11-6-5-10-15(17(26)28-4)22-16(25)13-8-7-9-14(12-13)23-24-20/h6-8,11,15,21H,4-5,9-10,12H2,1-3H3,(H-,22,23,27,28);7-9,12,15,20H,5-6,10-11H2,1-4H3,(H-,21,22,25,27)/p+2/t2*15-/m11/s1. The van der Waals surface area contributed by atoms with Gasteiger partial charge in [0.05, 0.1) is 19.0 Å². The zero-order valence-corrected chi connectivity index (χ0v) is 34.7. The third-order valence-electron chi connectivity index (χ3n) is 7.34. The largest absolute Gasteiger partial charge is 0.467 e. The van der Waals surface area contributed by atoms with Gasteiger partial charge >= 0.3 is 18.2 Å². The summed E-state index contributed by atoms with van der Waals surface area (Å²) in [5.41, 5.74) is 13.7. The molecule has 0 heterocycles. The lowest BCUT2D eigenvalue weighted by atomic mass is 10.0. The summed E-state index contributed by atoms with van der Waals surface area (Å²) in [5, 5.41) is 17.7. The topological polar surface area (TPSA) is 279 Å². The van der Waals surface area contributed by atoms with E-state index in [1.165, 1.54) is 19.2 Å². The van der Waals surface area contributed by atoms with Gasteiger partial charge in [0, 0.05) is 24.2 Å². The Morgan fingerprint density at radius 2 is 1.10 bits per heavy atom. The molecule has 2 rings (SSSR count). The van der Waals surface area contributed by atoms with E-state index < -0.39 is 53.3 Å². The van der Waals surface area contributed by atoms with Gasteiger partial charge in [-0.2, -0.15) is 0 Å². The Bertz CT molecular complexity index is 1670. The second-order valence-electron chi connectivity index (χ2n) is 14.5. The SMILES string of the molecule is CC(C)(C)OC(=O)NCCCC[C@@H](NC(=O)c1cccc(N=[N+]=N)c1)C(=O)CCl.COC(=O)[C@@H](CCCCNC(=O)OC(C)(C)C)NC(=O)c1cccc(N=[N+]=N)c1. The van der Waals surface area contributed by atoms with Crippen LogP contribution >= 0.6 is 11.6 Å². The number of alkyl carbamates (subject to hydrolysis) is 2. The Kier molecular flexibility index (Phi) is 22.4. The average Bonchev–Trinajstić information content (AvgIpc) is 3.15. The number of halogens is 1. The van der Waals surface area contributed by atoms with Gasteiger partial charge in [-0.25, -0.2) is 14.4 Å². The predicted molar refractivity (Wildman–Crippen MR) is 213 cm³/mol. The first-order valence-electron chi connectivity index (χ1n) is 18.4. The highest BCUT2D eigenvalue weighted by Crippen LogP contribution is 2.16. The van der Waals surface area contributed by atoms with Gasteiger partial charge in [-0.05, 0) is 116 Å². The number of methoxy groups -OCH3 is 1. The molecule has 0 saturated carbocycles. The van der Waals surface area contributed by atoms with Crippen molar-refractivity contribution in [2.24, 2.45) is 10.2 Å². The summed E-state index contributed by atoms with van der Waals surface area (Å²) >= 11 is 5.66. The number of unbranched alkanes of at least 4 members (excludes halogenated alkanes) is 2. The third kappa shape index (κ3) is 21.9. The van der Waals surface area contributed by atoms with Crippen molar-refractivity contribution in [3.63, 3.8) is 0 Å². The number of carbonyl (C=O) groups excluding carboxylic acids is 6. The van der Waals surface area contributed by atoms with E-state index in [4.69, 9.17) is 36.9 Å². The number of benzene rings is 2. The molecule has 0 aliphatic rings. The number of amides is 4. The summed E-state index contributed by atoms with van der Waals surface area (Å²) in [4.78, 5) is 78.0. The minimum absolute atomic E-state index is 0.214. The number of ketones is 1. The number of nitrogens with one attached hydrogen (secondary N) is 6. The average molecular weight is 831 g/mol. The summed E-state index contributed by atoms with van der Waals surface area (Å²) < 4.78 is 15.0. The molecule has 0 fully saturated rings. The first kappa shape index (κ1) is 50.0. The van der Waals surface area contributed by atoms with Crippen LogP contribution in [0, 0.1) is 11.1 Å². The lowest BCUT2D eigenvalue weighted by Gasteiger charge is -2.20. The van der Waals surface area contributed by atoms with Gasteiger partial charge in [0.2, 0.25) is 9.82 Å². The zero-order chi connectivity index (χ0) is 43.7. The van der Waals surface area contributed by atoms with Crippen LogP contribution in [0.4, 0.5) is 21.0 Å². The van der Waals surface area contributed by atoms with Gasteiger partial charge in [0.15, 0.2) is 27.4 Å². The number of carbonyl (C=O) groups is 6. The highest BCUT2D eigenvalue weighted by molar-refractivity contribution is 6.28. The molecule has 0 aliphatic carbocycles. The molecule has 0 radical (unpaired) electrons. The Hall–Kier alpha value is -6.03. The molecule has 0 bridgehead atoms. The zero-order valence-electron chi connectivity index (χ0n) is 34.0. The third-order valence-corrected chi connectivity index (χ3v) is 7.60. The molecular formula is C38H55ClN10O9+2. The minimum Gasteiger partial charge on any atom is -0.467 e. The summed E-state index contributed by atoms with van der Waals surface area (Å²) in [6.07, 6.45) is 2.12. The van der Waals surface area contributed by atoms with E-state index in [0.29, 0.717) is 68.6 Å². The monoisotopic (exact) mass is 830 g/mol. The number of alkyl halides is 1. The molecule has 20 heteroatoms. The Balaban J connectivity index is 0.000000580. The highest BCUT2D eigenvalue weighted by atomic mass is 35.5. The highest BCUT2D eigenvalue weighted by Gasteiger charge is 2.23. The summed E-state index contributed by atoms with van der Waals surface area (Å²) in [6, 6.07) is 10.9. The molecule has 316 valence electrons. The van der Waals surface area contributed by atoms with Crippen LogP contribution in [0.25, 0.3) is 0 Å². The molecule has 0 aliphatic heterocycles. The number of ether oxygens (including phenoxy) is 3. The van der Waals surface area contributed by atoms with Crippen LogP contribution in [0.5, 0.6) is 0 Å². The summed E-state index contributed by atoms with van der Waals surface area (Å²) in [5.74, 6) is -1.96.